The Morgan fingerprint density at radius 2 is 2.05 bits per heavy atom. The number of ether oxygens (including phenoxy) is 1. The molecule has 1 aromatic rings. The minimum absolute atomic E-state index is 0.0864. The molecule has 1 atom stereocenters. The van der Waals surface area contributed by atoms with Gasteiger partial charge in [-0.05, 0) is 38.1 Å². The molecule has 5 nitrogen and oxygen atoms in total. The molecule has 0 heterocycles. The van der Waals surface area contributed by atoms with Gasteiger partial charge in [0.1, 0.15) is 10.6 Å². The highest BCUT2D eigenvalue weighted by Crippen LogP contribution is 2.25. The zero-order valence-electron chi connectivity index (χ0n) is 13.3. The molecule has 0 radical (unpaired) electrons. The zero-order valence-corrected chi connectivity index (χ0v) is 14.1. The van der Waals surface area contributed by atoms with Crippen molar-refractivity contribution in [2.75, 3.05) is 14.2 Å². The van der Waals surface area contributed by atoms with Crippen molar-refractivity contribution < 1.29 is 13.2 Å². The Morgan fingerprint density at radius 1 is 1.33 bits per heavy atom. The van der Waals surface area contributed by atoms with Crippen molar-refractivity contribution in [3.8, 4) is 5.75 Å². The molecule has 0 saturated heterocycles. The van der Waals surface area contributed by atoms with Crippen molar-refractivity contribution in [2.24, 2.45) is 0 Å². The monoisotopic (exact) mass is 314 g/mol. The second-order valence-corrected chi connectivity index (χ2v) is 6.86. The lowest BCUT2D eigenvalue weighted by Gasteiger charge is -2.16. The first-order chi connectivity index (χ1) is 9.94. The Hall–Kier alpha value is -1.11. The van der Waals surface area contributed by atoms with E-state index in [0.717, 1.165) is 24.8 Å². The van der Waals surface area contributed by atoms with E-state index in [4.69, 9.17) is 4.74 Å². The predicted molar refractivity (Wildman–Crippen MR) is 85.1 cm³/mol. The van der Waals surface area contributed by atoms with Crippen molar-refractivity contribution in [3.63, 3.8) is 0 Å². The summed E-state index contributed by atoms with van der Waals surface area (Å²) in [6.45, 7) is 4.64. The van der Waals surface area contributed by atoms with Crippen molar-refractivity contribution in [1.29, 1.82) is 0 Å². The largest absolute Gasteiger partial charge is 0.495 e. The molecule has 0 aliphatic heterocycles. The molecule has 0 bridgehead atoms. The molecular weight excluding hydrogens is 288 g/mol. The summed E-state index contributed by atoms with van der Waals surface area (Å²) in [5, 5.41) is 3.03. The van der Waals surface area contributed by atoms with Crippen LogP contribution in [0.3, 0.4) is 0 Å². The number of nitrogens with one attached hydrogen (secondary N) is 2. The summed E-state index contributed by atoms with van der Waals surface area (Å²) < 4.78 is 32.8. The minimum atomic E-state index is -3.56. The fourth-order valence-electron chi connectivity index (χ4n) is 2.15. The molecule has 21 heavy (non-hydrogen) atoms. The van der Waals surface area contributed by atoms with Crippen molar-refractivity contribution >= 4 is 10.0 Å². The van der Waals surface area contributed by atoms with Gasteiger partial charge in [-0.15, -0.1) is 0 Å². The van der Waals surface area contributed by atoms with Gasteiger partial charge in [-0.25, -0.2) is 13.1 Å². The zero-order chi connectivity index (χ0) is 15.9. The van der Waals surface area contributed by atoms with Gasteiger partial charge in [-0.1, -0.05) is 25.8 Å². The van der Waals surface area contributed by atoms with Gasteiger partial charge in [0.05, 0.1) is 7.11 Å². The second kappa shape index (κ2) is 8.36. The fourth-order valence-corrected chi connectivity index (χ4v) is 3.57. The predicted octanol–water partition coefficient (Wildman–Crippen LogP) is 2.27. The highest BCUT2D eigenvalue weighted by Gasteiger charge is 2.21. The van der Waals surface area contributed by atoms with Crippen LogP contribution >= 0.6 is 0 Å². The van der Waals surface area contributed by atoms with Crippen molar-refractivity contribution in [2.45, 2.75) is 50.6 Å². The van der Waals surface area contributed by atoms with Gasteiger partial charge in [0.15, 0.2) is 0 Å². The van der Waals surface area contributed by atoms with Crippen molar-refractivity contribution in [3.05, 3.63) is 23.8 Å². The molecule has 0 spiro atoms. The van der Waals surface area contributed by atoms with E-state index in [1.54, 1.807) is 18.2 Å². The average molecular weight is 314 g/mol. The van der Waals surface area contributed by atoms with Crippen LogP contribution in [0.1, 0.15) is 38.7 Å². The second-order valence-electron chi connectivity index (χ2n) is 5.18. The highest BCUT2D eigenvalue weighted by atomic mass is 32.2. The summed E-state index contributed by atoms with van der Waals surface area (Å²) >= 11 is 0. The lowest BCUT2D eigenvalue weighted by molar-refractivity contribution is 0.401. The Kier molecular flexibility index (Phi) is 7.14. The molecule has 0 aliphatic carbocycles. The number of unbranched alkanes of at least 4 members (excludes halogenated alkanes) is 1. The van der Waals surface area contributed by atoms with Crippen LogP contribution < -0.4 is 14.8 Å². The molecular formula is C15H26N2O3S. The Labute approximate surface area is 128 Å². The molecule has 120 valence electrons. The fraction of sp³-hybridized carbons (Fsp3) is 0.600. The molecule has 1 unspecified atom stereocenters. The third kappa shape index (κ3) is 5.30. The van der Waals surface area contributed by atoms with E-state index in [1.807, 2.05) is 14.0 Å². The standard InChI is InChI=1S/C15H26N2O3S/c1-5-6-7-12(2)17-21(18,19)15-9-8-13(11-16-3)10-14(15)20-4/h8-10,12,16-17H,5-7,11H2,1-4H3. The van der Waals surface area contributed by atoms with Crippen LogP contribution in [-0.2, 0) is 16.6 Å². The quantitative estimate of drug-likeness (QED) is 0.734. The van der Waals surface area contributed by atoms with Crippen LogP contribution in [0.2, 0.25) is 0 Å². The number of hydrogen-bond donors (Lipinski definition) is 2. The van der Waals surface area contributed by atoms with Crippen LogP contribution in [-0.4, -0.2) is 28.6 Å². The van der Waals surface area contributed by atoms with Gasteiger partial charge < -0.3 is 10.1 Å². The van der Waals surface area contributed by atoms with E-state index in [0.29, 0.717) is 12.3 Å². The molecule has 0 saturated carbocycles. The van der Waals surface area contributed by atoms with E-state index in [9.17, 15) is 8.42 Å². The van der Waals surface area contributed by atoms with Gasteiger partial charge in [-0.3, -0.25) is 0 Å². The van der Waals surface area contributed by atoms with E-state index in [1.165, 1.54) is 7.11 Å². The van der Waals surface area contributed by atoms with Crippen LogP contribution in [0.15, 0.2) is 23.1 Å². The molecule has 1 aromatic carbocycles. The first-order valence-corrected chi connectivity index (χ1v) is 8.76. The molecule has 1 rings (SSSR count). The lowest BCUT2D eigenvalue weighted by atomic mass is 10.2. The van der Waals surface area contributed by atoms with Gasteiger partial charge in [0, 0.05) is 12.6 Å². The van der Waals surface area contributed by atoms with E-state index in [2.05, 4.69) is 17.0 Å². The van der Waals surface area contributed by atoms with Gasteiger partial charge in [0.25, 0.3) is 0 Å². The first kappa shape index (κ1) is 17.9. The Morgan fingerprint density at radius 3 is 2.62 bits per heavy atom. The number of benzene rings is 1. The van der Waals surface area contributed by atoms with Crippen molar-refractivity contribution in [1.82, 2.24) is 10.0 Å². The lowest BCUT2D eigenvalue weighted by Crippen LogP contribution is -2.32. The smallest absolute Gasteiger partial charge is 0.244 e. The summed E-state index contributed by atoms with van der Waals surface area (Å²) in [5.41, 5.74) is 0.979. The van der Waals surface area contributed by atoms with E-state index in [-0.39, 0.29) is 10.9 Å². The van der Waals surface area contributed by atoms with Crippen LogP contribution in [0, 0.1) is 0 Å². The van der Waals surface area contributed by atoms with Crippen LogP contribution in [0.25, 0.3) is 0 Å². The molecule has 0 aromatic heterocycles. The number of methoxy groups -OCH3 is 1. The van der Waals surface area contributed by atoms with Gasteiger partial charge >= 0.3 is 0 Å². The third-order valence-electron chi connectivity index (χ3n) is 3.25. The first-order valence-electron chi connectivity index (χ1n) is 7.28. The molecule has 0 fully saturated rings. The summed E-state index contributed by atoms with van der Waals surface area (Å²) in [5.74, 6) is 0.373. The third-order valence-corrected chi connectivity index (χ3v) is 4.87. The summed E-state index contributed by atoms with van der Waals surface area (Å²) in [6, 6.07) is 5.06. The molecule has 0 aliphatic rings. The number of hydrogen-bond acceptors (Lipinski definition) is 4. The molecule has 2 N–H and O–H groups in total. The number of rotatable bonds is 9. The Bertz CT molecular complexity index is 544. The number of sulfonamides is 1. The maximum Gasteiger partial charge on any atom is 0.244 e. The van der Waals surface area contributed by atoms with Gasteiger partial charge in [-0.2, -0.15) is 0 Å². The Balaban J connectivity index is 2.96. The van der Waals surface area contributed by atoms with E-state index >= 15 is 0 Å². The maximum atomic E-state index is 12.4. The topological polar surface area (TPSA) is 67.4 Å². The summed E-state index contributed by atoms with van der Waals surface area (Å²) in [4.78, 5) is 0.188. The average Bonchev–Trinajstić information content (AvgIpc) is 2.44. The minimum Gasteiger partial charge on any atom is -0.495 e. The highest BCUT2D eigenvalue weighted by molar-refractivity contribution is 7.89. The molecule has 0 amide bonds. The van der Waals surface area contributed by atoms with Crippen LogP contribution in [0.4, 0.5) is 0 Å². The maximum absolute atomic E-state index is 12.4. The molecule has 6 heteroatoms. The summed E-state index contributed by atoms with van der Waals surface area (Å²) in [6.07, 6.45) is 2.88. The SMILES string of the molecule is CCCCC(C)NS(=O)(=O)c1ccc(CNC)cc1OC. The van der Waals surface area contributed by atoms with E-state index < -0.39 is 10.0 Å². The summed E-state index contributed by atoms with van der Waals surface area (Å²) in [7, 11) is -0.234. The normalized spacial score (nSPS) is 13.1. The van der Waals surface area contributed by atoms with Gasteiger partial charge in [0.2, 0.25) is 10.0 Å². The van der Waals surface area contributed by atoms with Crippen LogP contribution in [0.5, 0.6) is 5.75 Å².